The van der Waals surface area contributed by atoms with Crippen LogP contribution in [0.15, 0.2) is 12.2 Å². The Labute approximate surface area is 446 Å². The molecule has 8 N–H and O–H groups in total. The number of carboxylic acids is 2. The number of Topliss-reactive ketones (excluding diaryl/α,β-unsaturated/α-hetero) is 2. The lowest BCUT2D eigenvalue weighted by molar-refractivity contribution is -0.149. The van der Waals surface area contributed by atoms with Crippen molar-refractivity contribution in [3.05, 3.63) is 12.2 Å². The standard InChI is InChI=1S/C52H86N8O16/c1-14-29(6)46(58(11)51(72)33(27(2)3)23-38(63)45(28(4)5)57(9)10)39(75-12)24-42(66)59-21-15-16-35(59)47(76-13)30(7)48(69)56-44(31(8)61)37(62)22-32(17-20-43(67)68)49(70)55-34(52(73)74)26-54-50(71)36(25-53)60-40(64)18-19-41(60)65/h18-19,27-36,39,44-47,61H,14-17,20-26,53H2,1-13H3,(H,54,71)(H,55,70)(H,56,69)(H,67,68)(H,73,74)/t29-,30+,31+,32+,33-,34-,35-,36-,39+,44?,45-,46-,47+/m0/s1. The molecule has 13 atom stereocenters. The molecule has 1 fully saturated rings. The molecule has 2 heterocycles. The Morgan fingerprint density at radius 1 is 0.816 bits per heavy atom. The quantitative estimate of drug-likeness (QED) is 0.0416. The molecule has 0 radical (unpaired) electrons. The van der Waals surface area contributed by atoms with E-state index in [1.54, 1.807) is 16.8 Å². The molecule has 0 bridgehead atoms. The van der Waals surface area contributed by atoms with Crippen LogP contribution in [0.1, 0.15) is 107 Å². The van der Waals surface area contributed by atoms with Gasteiger partial charge < -0.3 is 56.3 Å². The van der Waals surface area contributed by atoms with Crippen LogP contribution in [0.3, 0.4) is 0 Å². The summed E-state index contributed by atoms with van der Waals surface area (Å²) in [5.41, 5.74) is 5.63. The van der Waals surface area contributed by atoms with Crippen molar-refractivity contribution in [3.63, 3.8) is 0 Å². The average Bonchev–Trinajstić information content (AvgIpc) is 3.96. The maximum absolute atomic E-state index is 14.4. The van der Waals surface area contributed by atoms with Crippen LogP contribution in [0.25, 0.3) is 0 Å². The van der Waals surface area contributed by atoms with E-state index in [4.69, 9.17) is 15.2 Å². The molecule has 1 unspecified atom stereocenters. The molecule has 0 aromatic carbocycles. The summed E-state index contributed by atoms with van der Waals surface area (Å²) in [6.07, 6.45) is -1.76. The van der Waals surface area contributed by atoms with Crippen LogP contribution in [0.5, 0.6) is 0 Å². The van der Waals surface area contributed by atoms with Crippen molar-refractivity contribution in [2.45, 2.75) is 161 Å². The number of carboxylic acid groups (broad SMARTS) is 2. The number of hydrogen-bond donors (Lipinski definition) is 7. The molecule has 0 saturated carbocycles. The predicted octanol–water partition coefficient (Wildman–Crippen LogP) is -0.0320. The first-order valence-electron chi connectivity index (χ1n) is 26.1. The van der Waals surface area contributed by atoms with Crippen LogP contribution in [0.4, 0.5) is 0 Å². The molecular weight excluding hydrogens is 993 g/mol. The van der Waals surface area contributed by atoms with Gasteiger partial charge in [0.05, 0.1) is 48.8 Å². The number of aliphatic hydroxyl groups is 1. The Morgan fingerprint density at radius 3 is 1.89 bits per heavy atom. The van der Waals surface area contributed by atoms with Crippen LogP contribution >= 0.6 is 0 Å². The molecule has 2 aliphatic heterocycles. The van der Waals surface area contributed by atoms with Gasteiger partial charge in [0.2, 0.25) is 29.5 Å². The van der Waals surface area contributed by atoms with Gasteiger partial charge in [-0.25, -0.2) is 4.79 Å². The van der Waals surface area contributed by atoms with Crippen molar-refractivity contribution in [1.82, 2.24) is 35.6 Å². The normalized spacial score (nSPS) is 19.5. The second-order valence-corrected chi connectivity index (χ2v) is 21.1. The van der Waals surface area contributed by atoms with Gasteiger partial charge in [-0.1, -0.05) is 54.9 Å². The number of likely N-dealkylation sites (tertiary alicyclic amines) is 1. The van der Waals surface area contributed by atoms with Crippen LogP contribution < -0.4 is 21.7 Å². The third-order valence-electron chi connectivity index (χ3n) is 14.7. The summed E-state index contributed by atoms with van der Waals surface area (Å²) in [7, 11) is 8.21. The number of nitrogens with one attached hydrogen (secondary N) is 3. The van der Waals surface area contributed by atoms with E-state index in [1.807, 2.05) is 60.5 Å². The Balaban J connectivity index is 2.30. The molecule has 0 aromatic heterocycles. The number of aliphatic hydroxyl groups excluding tert-OH is 1. The molecule has 0 aliphatic carbocycles. The maximum atomic E-state index is 14.4. The zero-order valence-corrected chi connectivity index (χ0v) is 46.6. The molecule has 24 nitrogen and oxygen atoms in total. The molecule has 24 heteroatoms. The lowest BCUT2D eigenvalue weighted by Gasteiger charge is -2.41. The third kappa shape index (κ3) is 17.9. The Morgan fingerprint density at radius 2 is 1.42 bits per heavy atom. The van der Waals surface area contributed by atoms with Gasteiger partial charge in [-0.15, -0.1) is 0 Å². The van der Waals surface area contributed by atoms with Gasteiger partial charge in [-0.3, -0.25) is 57.7 Å². The number of methoxy groups -OCH3 is 2. The fourth-order valence-corrected chi connectivity index (χ4v) is 10.4. The summed E-state index contributed by atoms with van der Waals surface area (Å²) >= 11 is 0. The number of likely N-dealkylation sites (N-methyl/N-ethyl adjacent to an activating group) is 2. The number of ketones is 2. The lowest BCUT2D eigenvalue weighted by atomic mass is 9.83. The second-order valence-electron chi connectivity index (χ2n) is 21.1. The SMILES string of the molecule is CC[C@H](C)[C@@H]([C@@H](CC(=O)N1CCC[C@H]1[C@H](OC)[C@@H](C)C(=O)NC(C(=O)C[C@@H](CCC(=O)O)C(=O)N[C@@H](CNC(=O)[C@H](CN)N1C(=O)C=CC1=O)C(=O)O)[C@@H](C)O)OC)N(C)C(=O)[C@@H](CC(=O)[C@H](C(C)C)N(C)C)C(C)C. The number of rotatable bonds is 34. The van der Waals surface area contributed by atoms with Gasteiger partial charge in [0.15, 0.2) is 11.6 Å². The highest BCUT2D eigenvalue weighted by Crippen LogP contribution is 2.31. The van der Waals surface area contributed by atoms with E-state index in [0.717, 1.165) is 12.2 Å². The topological polar surface area (TPSA) is 342 Å². The number of carbonyl (C=O) groups excluding carboxylic acids is 9. The molecule has 2 rings (SSSR count). The van der Waals surface area contributed by atoms with E-state index >= 15 is 0 Å². The highest BCUT2D eigenvalue weighted by Gasteiger charge is 2.44. The molecule has 76 heavy (non-hydrogen) atoms. The molecule has 0 spiro atoms. The van der Waals surface area contributed by atoms with Gasteiger partial charge in [0.25, 0.3) is 11.8 Å². The Hall–Kier alpha value is -5.69. The van der Waals surface area contributed by atoms with E-state index in [1.165, 1.54) is 28.1 Å². The lowest BCUT2D eigenvalue weighted by Crippen LogP contribution is -2.57. The number of nitrogens with zero attached hydrogens (tertiary/aromatic N) is 4. The number of imide groups is 1. The summed E-state index contributed by atoms with van der Waals surface area (Å²) in [5.74, 6) is -12.5. The first-order chi connectivity index (χ1) is 35.5. The number of hydrogen-bond acceptors (Lipinski definition) is 16. The minimum absolute atomic E-state index is 0.0293. The van der Waals surface area contributed by atoms with Crippen molar-refractivity contribution in [1.29, 1.82) is 0 Å². The fraction of sp³-hybridized carbons (Fsp3) is 0.750. The Kier molecular flexibility index (Phi) is 27.0. The molecule has 1 saturated heterocycles. The van der Waals surface area contributed by atoms with Gasteiger partial charge in [0, 0.05) is 84.2 Å². The van der Waals surface area contributed by atoms with Crippen molar-refractivity contribution < 1.29 is 77.5 Å². The summed E-state index contributed by atoms with van der Waals surface area (Å²) in [6, 6.07) is -6.59. The predicted molar refractivity (Wildman–Crippen MR) is 276 cm³/mol. The van der Waals surface area contributed by atoms with E-state index in [9.17, 15) is 68.1 Å². The fourth-order valence-electron chi connectivity index (χ4n) is 10.4. The van der Waals surface area contributed by atoms with Crippen molar-refractivity contribution in [3.8, 4) is 0 Å². The Bertz CT molecular complexity index is 2070. The molecule has 2 aliphatic rings. The van der Waals surface area contributed by atoms with E-state index in [0.29, 0.717) is 30.7 Å². The number of aliphatic carboxylic acids is 2. The molecule has 430 valence electrons. The first-order valence-corrected chi connectivity index (χ1v) is 26.1. The summed E-state index contributed by atoms with van der Waals surface area (Å²) in [4.78, 5) is 151. The summed E-state index contributed by atoms with van der Waals surface area (Å²) in [5, 5.41) is 37.1. The third-order valence-corrected chi connectivity index (χ3v) is 14.7. The van der Waals surface area contributed by atoms with Crippen molar-refractivity contribution >= 4 is 64.9 Å². The number of ether oxygens (including phenoxy) is 2. The monoisotopic (exact) mass is 1080 g/mol. The minimum Gasteiger partial charge on any atom is -0.481 e. The largest absolute Gasteiger partial charge is 0.481 e. The van der Waals surface area contributed by atoms with Crippen LogP contribution in [-0.2, 0) is 62.2 Å². The maximum Gasteiger partial charge on any atom is 0.328 e. The molecule has 7 amide bonds. The minimum atomic E-state index is -1.86. The molecular formula is C52H86N8O16. The second kappa shape index (κ2) is 30.9. The number of carbonyl (C=O) groups is 11. The van der Waals surface area contributed by atoms with Crippen molar-refractivity contribution in [2.75, 3.05) is 55.0 Å². The van der Waals surface area contributed by atoms with Gasteiger partial charge in [0.1, 0.15) is 18.1 Å². The zero-order valence-electron chi connectivity index (χ0n) is 46.6. The molecule has 0 aromatic rings. The first kappa shape index (κ1) is 66.4. The number of amides is 7. The van der Waals surface area contributed by atoms with Crippen molar-refractivity contribution in [2.24, 2.45) is 41.2 Å². The highest BCUT2D eigenvalue weighted by atomic mass is 16.5. The van der Waals surface area contributed by atoms with Crippen LogP contribution in [0.2, 0.25) is 0 Å². The van der Waals surface area contributed by atoms with Gasteiger partial charge in [-0.2, -0.15) is 0 Å². The smallest absolute Gasteiger partial charge is 0.328 e. The average molecular weight is 1080 g/mol. The van der Waals surface area contributed by atoms with E-state index in [-0.39, 0.29) is 54.2 Å². The highest BCUT2D eigenvalue weighted by molar-refractivity contribution is 6.15. The van der Waals surface area contributed by atoms with E-state index in [2.05, 4.69) is 16.0 Å². The summed E-state index contributed by atoms with van der Waals surface area (Å²) < 4.78 is 11.9. The van der Waals surface area contributed by atoms with Crippen LogP contribution in [0, 0.1) is 35.5 Å². The van der Waals surface area contributed by atoms with Gasteiger partial charge in [-0.05, 0) is 58.0 Å². The zero-order chi connectivity index (χ0) is 58.0. The number of nitrogens with two attached hydrogens (primary N) is 1. The van der Waals surface area contributed by atoms with Crippen LogP contribution in [-0.4, -0.2) is 209 Å². The van der Waals surface area contributed by atoms with Gasteiger partial charge >= 0.3 is 11.9 Å². The van der Waals surface area contributed by atoms with E-state index < -0.39 is 146 Å². The summed E-state index contributed by atoms with van der Waals surface area (Å²) in [6.45, 7) is 13.4.